The molecule has 7 heteroatoms. The second-order valence-electron chi connectivity index (χ2n) is 6.54. The summed E-state index contributed by atoms with van der Waals surface area (Å²) in [6.45, 7) is 4.64. The Balaban J connectivity index is 1.87. The molecule has 3 heterocycles. The van der Waals surface area contributed by atoms with Crippen LogP contribution in [0.5, 0.6) is 0 Å². The fraction of sp³-hybridized carbons (Fsp3) is 0.786. The number of likely N-dealkylation sites (N-methyl/N-ethyl adjacent to an activating group) is 1. The van der Waals surface area contributed by atoms with Gasteiger partial charge in [-0.15, -0.1) is 0 Å². The van der Waals surface area contributed by atoms with Crippen LogP contribution in [-0.4, -0.2) is 48.8 Å². The first-order chi connectivity index (χ1) is 9.79. The van der Waals surface area contributed by atoms with Crippen LogP contribution in [-0.2, 0) is 17.1 Å². The molecular weight excluding hydrogens is 288 g/mol. The molecule has 21 heavy (non-hydrogen) atoms. The number of aromatic nitrogens is 2. The van der Waals surface area contributed by atoms with Gasteiger partial charge in [0, 0.05) is 25.7 Å². The molecule has 1 aromatic heterocycles. The first kappa shape index (κ1) is 15.0. The summed E-state index contributed by atoms with van der Waals surface area (Å²) in [5.74, 6) is 0.615. The average molecular weight is 312 g/mol. The summed E-state index contributed by atoms with van der Waals surface area (Å²) in [5, 5.41) is 4.22. The fourth-order valence-corrected chi connectivity index (χ4v) is 5.73. The van der Waals surface area contributed by atoms with Gasteiger partial charge in [-0.1, -0.05) is 0 Å². The topological polar surface area (TPSA) is 67.2 Å². The van der Waals surface area contributed by atoms with Crippen molar-refractivity contribution in [3.05, 3.63) is 11.4 Å². The molecule has 3 aliphatic rings. The van der Waals surface area contributed by atoms with Crippen LogP contribution in [0.3, 0.4) is 0 Å². The van der Waals surface area contributed by atoms with Gasteiger partial charge in [0.25, 0.3) is 0 Å². The molecule has 1 saturated carbocycles. The van der Waals surface area contributed by atoms with Gasteiger partial charge in [0.05, 0.1) is 11.4 Å². The minimum Gasteiger partial charge on any atom is -0.302 e. The molecule has 4 rings (SSSR count). The normalized spacial score (nSPS) is 30.0. The predicted molar refractivity (Wildman–Crippen MR) is 80.6 cm³/mol. The van der Waals surface area contributed by atoms with Crippen molar-refractivity contribution in [2.45, 2.75) is 50.1 Å². The molecular formula is C14H24N4O2S. The molecule has 0 spiro atoms. The third-order valence-corrected chi connectivity index (χ3v) is 6.79. The second-order valence-corrected chi connectivity index (χ2v) is 8.19. The maximum absolute atomic E-state index is 12.8. The molecule has 1 N–H and O–H groups in total. The van der Waals surface area contributed by atoms with E-state index in [0.29, 0.717) is 28.2 Å². The number of nitrogens with one attached hydrogen (secondary N) is 1. The zero-order valence-electron chi connectivity index (χ0n) is 13.1. The maximum atomic E-state index is 12.8. The number of aryl methyl sites for hydroxylation is 2. The minimum absolute atomic E-state index is 0.0199. The van der Waals surface area contributed by atoms with Crippen LogP contribution in [0, 0.1) is 19.8 Å². The van der Waals surface area contributed by atoms with Gasteiger partial charge < -0.3 is 4.90 Å². The van der Waals surface area contributed by atoms with E-state index in [4.69, 9.17) is 0 Å². The molecule has 1 aliphatic carbocycles. The Kier molecular flexibility index (Phi) is 3.62. The third kappa shape index (κ3) is 2.51. The Labute approximate surface area is 126 Å². The van der Waals surface area contributed by atoms with Crippen LogP contribution in [0.1, 0.15) is 30.7 Å². The second kappa shape index (κ2) is 5.07. The Morgan fingerprint density at radius 2 is 1.95 bits per heavy atom. The van der Waals surface area contributed by atoms with Gasteiger partial charge in [0.1, 0.15) is 4.90 Å². The van der Waals surface area contributed by atoms with Crippen LogP contribution in [0.4, 0.5) is 0 Å². The quantitative estimate of drug-likeness (QED) is 0.896. The van der Waals surface area contributed by atoms with Gasteiger partial charge in [-0.25, -0.2) is 13.1 Å². The van der Waals surface area contributed by atoms with Crippen molar-refractivity contribution in [3.8, 4) is 0 Å². The van der Waals surface area contributed by atoms with Crippen molar-refractivity contribution in [2.75, 3.05) is 13.6 Å². The number of nitrogens with zero attached hydrogens (tertiary/aromatic N) is 3. The van der Waals surface area contributed by atoms with Crippen LogP contribution >= 0.6 is 0 Å². The summed E-state index contributed by atoms with van der Waals surface area (Å²) in [6, 6.07) is 0.341. The largest absolute Gasteiger partial charge is 0.302 e. The fourth-order valence-electron chi connectivity index (χ4n) is 4.01. The Hall–Kier alpha value is -0.920. The molecule has 2 aliphatic heterocycles. The summed E-state index contributed by atoms with van der Waals surface area (Å²) >= 11 is 0. The summed E-state index contributed by atoms with van der Waals surface area (Å²) in [5.41, 5.74) is 1.26. The summed E-state index contributed by atoms with van der Waals surface area (Å²) in [4.78, 5) is 2.64. The van der Waals surface area contributed by atoms with E-state index in [1.807, 2.05) is 0 Å². The highest BCUT2D eigenvalue weighted by Gasteiger charge is 2.41. The van der Waals surface area contributed by atoms with E-state index in [1.165, 1.54) is 6.42 Å². The highest BCUT2D eigenvalue weighted by atomic mass is 32.2. The molecule has 0 aromatic carbocycles. The summed E-state index contributed by atoms with van der Waals surface area (Å²) < 4.78 is 30.1. The average Bonchev–Trinajstić information content (AvgIpc) is 2.63. The van der Waals surface area contributed by atoms with E-state index < -0.39 is 10.0 Å². The van der Waals surface area contributed by atoms with Gasteiger partial charge in [0.2, 0.25) is 10.0 Å². The van der Waals surface area contributed by atoms with Crippen molar-refractivity contribution >= 4 is 10.0 Å². The number of piperidine rings is 2. The van der Waals surface area contributed by atoms with E-state index in [9.17, 15) is 8.42 Å². The molecule has 1 aromatic rings. The lowest BCUT2D eigenvalue weighted by atomic mass is 9.77. The lowest BCUT2D eigenvalue weighted by Crippen LogP contribution is -2.59. The van der Waals surface area contributed by atoms with E-state index in [-0.39, 0.29) is 6.04 Å². The molecule has 6 nitrogen and oxygen atoms in total. The standard InChI is InChI=1S/C14H24N4O2S/c1-9-14(10(2)18(4)15-9)21(19,20)16-12-7-11-5-6-13(12)17(3)8-11/h11-13,16H,5-8H2,1-4H3. The number of hydrogen-bond acceptors (Lipinski definition) is 4. The van der Waals surface area contributed by atoms with Gasteiger partial charge in [0.15, 0.2) is 0 Å². The summed E-state index contributed by atoms with van der Waals surface area (Å²) in [6.07, 6.45) is 3.25. The highest BCUT2D eigenvalue weighted by molar-refractivity contribution is 7.89. The summed E-state index contributed by atoms with van der Waals surface area (Å²) in [7, 11) is 0.364. The van der Waals surface area contributed by atoms with Gasteiger partial charge in [-0.2, -0.15) is 5.10 Å². The molecule has 118 valence electrons. The monoisotopic (exact) mass is 312 g/mol. The van der Waals surface area contributed by atoms with Crippen LogP contribution < -0.4 is 4.72 Å². The minimum atomic E-state index is -3.51. The van der Waals surface area contributed by atoms with Crippen molar-refractivity contribution in [3.63, 3.8) is 0 Å². The van der Waals surface area contributed by atoms with Gasteiger partial charge in [-0.3, -0.25) is 4.68 Å². The molecule has 3 fully saturated rings. The first-order valence-electron chi connectivity index (χ1n) is 7.52. The van der Waals surface area contributed by atoms with Crippen LogP contribution in [0.2, 0.25) is 0 Å². The molecule has 3 unspecified atom stereocenters. The maximum Gasteiger partial charge on any atom is 0.244 e. The van der Waals surface area contributed by atoms with Gasteiger partial charge >= 0.3 is 0 Å². The van der Waals surface area contributed by atoms with Crippen molar-refractivity contribution in [1.29, 1.82) is 0 Å². The number of sulfonamides is 1. The van der Waals surface area contributed by atoms with E-state index >= 15 is 0 Å². The molecule has 0 radical (unpaired) electrons. The Morgan fingerprint density at radius 3 is 2.48 bits per heavy atom. The zero-order chi connectivity index (χ0) is 15.4. The van der Waals surface area contributed by atoms with Crippen molar-refractivity contribution < 1.29 is 8.42 Å². The number of fused-ring (bicyclic) bond motifs is 3. The Bertz CT molecular complexity index is 652. The van der Waals surface area contributed by atoms with E-state index in [0.717, 1.165) is 19.4 Å². The smallest absolute Gasteiger partial charge is 0.244 e. The van der Waals surface area contributed by atoms with Crippen LogP contribution in [0.15, 0.2) is 4.90 Å². The lowest BCUT2D eigenvalue weighted by molar-refractivity contribution is 0.0483. The Morgan fingerprint density at radius 1 is 1.24 bits per heavy atom. The van der Waals surface area contributed by atoms with E-state index in [1.54, 1.807) is 25.6 Å². The van der Waals surface area contributed by atoms with E-state index in [2.05, 4.69) is 21.8 Å². The molecule has 2 saturated heterocycles. The molecule has 2 bridgehead atoms. The lowest BCUT2D eigenvalue weighted by Gasteiger charge is -2.48. The zero-order valence-corrected chi connectivity index (χ0v) is 13.9. The SMILES string of the molecule is Cc1nn(C)c(C)c1S(=O)(=O)NC1CC2CCC1N(C)C2. The predicted octanol–water partition coefficient (Wildman–Crippen LogP) is 0.798. The number of rotatable bonds is 3. The van der Waals surface area contributed by atoms with Crippen molar-refractivity contribution in [2.24, 2.45) is 13.0 Å². The van der Waals surface area contributed by atoms with Gasteiger partial charge in [-0.05, 0) is 46.1 Å². The van der Waals surface area contributed by atoms with Crippen LogP contribution in [0.25, 0.3) is 0 Å². The molecule has 0 amide bonds. The molecule has 3 atom stereocenters. The number of hydrogen-bond donors (Lipinski definition) is 1. The highest BCUT2D eigenvalue weighted by Crippen LogP contribution is 2.35. The van der Waals surface area contributed by atoms with Crippen molar-refractivity contribution in [1.82, 2.24) is 19.4 Å². The first-order valence-corrected chi connectivity index (χ1v) is 9.00. The third-order valence-electron chi connectivity index (χ3n) is 5.05.